The maximum atomic E-state index is 13.1. The van der Waals surface area contributed by atoms with Gasteiger partial charge in [0.1, 0.15) is 0 Å². The lowest BCUT2D eigenvalue weighted by Gasteiger charge is -2.30. The van der Waals surface area contributed by atoms with Crippen LogP contribution in [0.3, 0.4) is 0 Å². The topological polar surface area (TPSA) is 66.4 Å². The van der Waals surface area contributed by atoms with Gasteiger partial charge in [-0.3, -0.25) is 0 Å². The Morgan fingerprint density at radius 3 is 1.89 bits per heavy atom. The summed E-state index contributed by atoms with van der Waals surface area (Å²) >= 11 is 0. The molecule has 0 aromatic heterocycles. The number of aliphatic carboxylic acids is 1. The Hall–Kier alpha value is -1.67. The first-order valence-corrected chi connectivity index (χ1v) is 4.93. The van der Waals surface area contributed by atoms with E-state index in [0.29, 0.717) is 0 Å². The van der Waals surface area contributed by atoms with Crippen molar-refractivity contribution in [3.8, 4) is 0 Å². The fourth-order valence-electron chi connectivity index (χ4n) is 1.09. The normalized spacial score (nSPS) is 14.7. The average Bonchev–Trinajstić information content (AvgIpc) is 2.20. The molecule has 0 fully saturated rings. The van der Waals surface area contributed by atoms with Crippen molar-refractivity contribution < 1.29 is 41.4 Å². The smallest absolute Gasteiger partial charge is 0.457 e. The van der Waals surface area contributed by atoms with Crippen LogP contribution in [-0.2, 0) is 14.3 Å². The van der Waals surface area contributed by atoms with Crippen LogP contribution in [0.2, 0.25) is 0 Å². The zero-order valence-electron chi connectivity index (χ0n) is 9.83. The van der Waals surface area contributed by atoms with Crippen LogP contribution in [0.15, 0.2) is 12.2 Å². The van der Waals surface area contributed by atoms with Crippen LogP contribution in [0.1, 0.15) is 13.8 Å². The minimum atomic E-state index is -5.89. The second-order valence-corrected chi connectivity index (χ2v) is 3.87. The van der Waals surface area contributed by atoms with E-state index in [1.54, 1.807) is 0 Å². The van der Waals surface area contributed by atoms with Crippen LogP contribution in [0.4, 0.5) is 22.0 Å². The van der Waals surface area contributed by atoms with Gasteiger partial charge in [0, 0.05) is 6.08 Å². The standard InChI is InChI=1S/C10H11F5O4/c1-5(2)8(9(11,12)10(13,14)15)19-7(18)4-3-6(16)17/h3-5,8H,1-2H3,(H,16,17)/p-1/b4-3-. The summed E-state index contributed by atoms with van der Waals surface area (Å²) in [5.74, 6) is -10.0. The number of hydrogen-bond acceptors (Lipinski definition) is 4. The van der Waals surface area contributed by atoms with Gasteiger partial charge in [0.2, 0.25) is 0 Å². The molecule has 0 aliphatic carbocycles. The zero-order valence-corrected chi connectivity index (χ0v) is 9.83. The van der Waals surface area contributed by atoms with Crippen molar-refractivity contribution in [1.29, 1.82) is 0 Å². The molecule has 0 rings (SSSR count). The fraction of sp³-hybridized carbons (Fsp3) is 0.600. The molecular weight excluding hydrogens is 279 g/mol. The Morgan fingerprint density at radius 2 is 1.58 bits per heavy atom. The largest absolute Gasteiger partial charge is 0.545 e. The lowest BCUT2D eigenvalue weighted by molar-refractivity contribution is -0.319. The van der Waals surface area contributed by atoms with Crippen LogP contribution in [-0.4, -0.2) is 30.1 Å². The van der Waals surface area contributed by atoms with E-state index in [1.807, 2.05) is 0 Å². The SMILES string of the molecule is CC(C)C(OC(=O)/C=C\C(=O)[O-])C(F)(F)C(F)(F)F. The van der Waals surface area contributed by atoms with Crippen LogP contribution >= 0.6 is 0 Å². The zero-order chi connectivity index (χ0) is 15.4. The summed E-state index contributed by atoms with van der Waals surface area (Å²) in [5.41, 5.74) is 0. The molecule has 0 saturated heterocycles. The van der Waals surface area contributed by atoms with Gasteiger partial charge in [-0.1, -0.05) is 13.8 Å². The minimum Gasteiger partial charge on any atom is -0.545 e. The summed E-state index contributed by atoms with van der Waals surface area (Å²) in [5, 5.41) is 9.95. The quantitative estimate of drug-likeness (QED) is 0.431. The van der Waals surface area contributed by atoms with Gasteiger partial charge in [0.25, 0.3) is 0 Å². The van der Waals surface area contributed by atoms with E-state index in [4.69, 9.17) is 0 Å². The van der Waals surface area contributed by atoms with Gasteiger partial charge < -0.3 is 14.6 Å². The summed E-state index contributed by atoms with van der Waals surface area (Å²) in [6.07, 6.45) is -8.30. The number of ether oxygens (including phenoxy) is 1. The van der Waals surface area contributed by atoms with Crippen molar-refractivity contribution in [1.82, 2.24) is 0 Å². The monoisotopic (exact) mass is 289 g/mol. The average molecular weight is 289 g/mol. The van der Waals surface area contributed by atoms with E-state index in [9.17, 15) is 36.6 Å². The summed E-state index contributed by atoms with van der Waals surface area (Å²) in [7, 11) is 0. The van der Waals surface area contributed by atoms with E-state index in [-0.39, 0.29) is 12.2 Å². The number of hydrogen-bond donors (Lipinski definition) is 0. The maximum Gasteiger partial charge on any atom is 0.457 e. The Balaban J connectivity index is 5.06. The van der Waals surface area contributed by atoms with E-state index < -0.39 is 36.1 Å². The molecule has 19 heavy (non-hydrogen) atoms. The van der Waals surface area contributed by atoms with Crippen molar-refractivity contribution in [2.24, 2.45) is 5.92 Å². The molecular formula is C10H10F5O4-. The van der Waals surface area contributed by atoms with Gasteiger partial charge in [-0.15, -0.1) is 0 Å². The first-order valence-electron chi connectivity index (χ1n) is 4.93. The van der Waals surface area contributed by atoms with Crippen molar-refractivity contribution in [2.45, 2.75) is 32.1 Å². The molecule has 1 atom stereocenters. The fourth-order valence-corrected chi connectivity index (χ4v) is 1.09. The highest BCUT2D eigenvalue weighted by molar-refractivity contribution is 5.90. The molecule has 0 aromatic rings. The van der Waals surface area contributed by atoms with Gasteiger partial charge in [0.05, 0.1) is 5.97 Å². The third-order valence-corrected chi connectivity index (χ3v) is 1.94. The second-order valence-electron chi connectivity index (χ2n) is 3.87. The molecule has 0 aromatic carbocycles. The molecule has 0 bridgehead atoms. The van der Waals surface area contributed by atoms with Crippen molar-refractivity contribution >= 4 is 11.9 Å². The highest BCUT2D eigenvalue weighted by Gasteiger charge is 2.64. The Kier molecular flexibility index (Phi) is 5.46. The molecule has 0 saturated carbocycles. The predicted octanol–water partition coefficient (Wildman–Crippen LogP) is 1.06. The van der Waals surface area contributed by atoms with Gasteiger partial charge >= 0.3 is 18.1 Å². The Bertz CT molecular complexity index is 373. The third-order valence-electron chi connectivity index (χ3n) is 1.94. The lowest BCUT2D eigenvalue weighted by Crippen LogP contribution is -2.51. The molecule has 0 heterocycles. The number of carboxylic acids is 1. The van der Waals surface area contributed by atoms with E-state index in [1.165, 1.54) is 0 Å². The second kappa shape index (κ2) is 5.98. The highest BCUT2D eigenvalue weighted by atomic mass is 19.4. The molecule has 0 amide bonds. The summed E-state index contributed by atoms with van der Waals surface area (Å²) < 4.78 is 66.5. The number of rotatable bonds is 5. The molecule has 110 valence electrons. The van der Waals surface area contributed by atoms with E-state index >= 15 is 0 Å². The van der Waals surface area contributed by atoms with Gasteiger partial charge in [-0.05, 0) is 12.0 Å². The Labute approximate surface area is 104 Å². The highest BCUT2D eigenvalue weighted by Crippen LogP contribution is 2.41. The number of carbonyl (C=O) groups excluding carboxylic acids is 2. The molecule has 0 aliphatic heterocycles. The van der Waals surface area contributed by atoms with Crippen LogP contribution in [0.25, 0.3) is 0 Å². The van der Waals surface area contributed by atoms with Crippen molar-refractivity contribution in [3.63, 3.8) is 0 Å². The van der Waals surface area contributed by atoms with Crippen LogP contribution < -0.4 is 5.11 Å². The summed E-state index contributed by atoms with van der Waals surface area (Å²) in [6, 6.07) is 0. The van der Waals surface area contributed by atoms with Crippen LogP contribution in [0.5, 0.6) is 0 Å². The number of halogens is 5. The molecule has 4 nitrogen and oxygen atoms in total. The number of carbonyl (C=O) groups is 2. The predicted molar refractivity (Wildman–Crippen MR) is 49.9 cm³/mol. The van der Waals surface area contributed by atoms with Crippen molar-refractivity contribution in [3.05, 3.63) is 12.2 Å². The lowest BCUT2D eigenvalue weighted by atomic mass is 10.0. The first kappa shape index (κ1) is 17.3. The van der Waals surface area contributed by atoms with Gasteiger partial charge in [0.15, 0.2) is 6.10 Å². The molecule has 9 heteroatoms. The Morgan fingerprint density at radius 1 is 1.11 bits per heavy atom. The molecule has 0 spiro atoms. The minimum absolute atomic E-state index is 0.158. The van der Waals surface area contributed by atoms with E-state index in [0.717, 1.165) is 13.8 Å². The number of carboxylic acid groups (broad SMARTS) is 1. The molecule has 0 aliphatic rings. The third kappa shape index (κ3) is 4.84. The first-order chi connectivity index (χ1) is 8.39. The van der Waals surface area contributed by atoms with Gasteiger partial charge in [-0.2, -0.15) is 22.0 Å². The van der Waals surface area contributed by atoms with Gasteiger partial charge in [-0.25, -0.2) is 4.79 Å². The maximum absolute atomic E-state index is 13.1. The molecule has 0 radical (unpaired) electrons. The summed E-state index contributed by atoms with van der Waals surface area (Å²) in [6.45, 7) is 2.00. The molecule has 0 N–H and O–H groups in total. The molecule has 1 unspecified atom stereocenters. The number of alkyl halides is 5. The number of esters is 1. The van der Waals surface area contributed by atoms with Crippen LogP contribution in [0, 0.1) is 5.92 Å². The van der Waals surface area contributed by atoms with E-state index in [2.05, 4.69) is 4.74 Å². The van der Waals surface area contributed by atoms with Crippen molar-refractivity contribution in [2.75, 3.05) is 0 Å². The summed E-state index contributed by atoms with van der Waals surface area (Å²) in [4.78, 5) is 20.9.